The van der Waals surface area contributed by atoms with Crippen molar-refractivity contribution >= 4 is 16.9 Å². The second-order valence-corrected chi connectivity index (χ2v) is 5.02. The van der Waals surface area contributed by atoms with Crippen molar-refractivity contribution in [3.63, 3.8) is 0 Å². The molecule has 1 rings (SSSR count). The van der Waals surface area contributed by atoms with E-state index in [1.807, 2.05) is 0 Å². The molecule has 1 aliphatic heterocycles. The molecule has 1 atom stereocenters. The molecule has 1 saturated heterocycles. The van der Waals surface area contributed by atoms with Crippen molar-refractivity contribution < 1.29 is 4.74 Å². The summed E-state index contributed by atoms with van der Waals surface area (Å²) < 4.78 is 5.44. The third-order valence-electron chi connectivity index (χ3n) is 1.78. The molecule has 1 aliphatic rings. The molecule has 0 aromatic carbocycles. The first-order valence-electron chi connectivity index (χ1n) is 5.20. The summed E-state index contributed by atoms with van der Waals surface area (Å²) in [6, 6.07) is 0.565. The van der Waals surface area contributed by atoms with E-state index in [1.54, 1.807) is 11.8 Å². The minimum Gasteiger partial charge on any atom is -0.379 e. The van der Waals surface area contributed by atoms with Crippen LogP contribution >= 0.6 is 11.8 Å². The van der Waals surface area contributed by atoms with Gasteiger partial charge in [-0.05, 0) is 12.8 Å². The summed E-state index contributed by atoms with van der Waals surface area (Å²) in [5.74, 6) is 1.74. The molecule has 0 saturated carbocycles. The van der Waals surface area contributed by atoms with Gasteiger partial charge in [0.15, 0.2) is 5.17 Å². The average molecular weight is 216 g/mol. The fourth-order valence-electron chi connectivity index (χ4n) is 1.12. The molecule has 0 aromatic heterocycles. The molecule has 82 valence electrons. The van der Waals surface area contributed by atoms with Crippen LogP contribution in [-0.4, -0.2) is 36.7 Å². The van der Waals surface area contributed by atoms with Gasteiger partial charge in [-0.1, -0.05) is 25.6 Å². The van der Waals surface area contributed by atoms with Gasteiger partial charge in [0.05, 0.1) is 13.2 Å². The Kier molecular flexibility index (Phi) is 5.33. The van der Waals surface area contributed by atoms with Gasteiger partial charge in [-0.15, -0.1) is 0 Å². The highest BCUT2D eigenvalue weighted by atomic mass is 32.2. The van der Waals surface area contributed by atoms with E-state index in [9.17, 15) is 0 Å². The van der Waals surface area contributed by atoms with Gasteiger partial charge in [-0.3, -0.25) is 4.99 Å². The van der Waals surface area contributed by atoms with E-state index < -0.39 is 0 Å². The van der Waals surface area contributed by atoms with E-state index in [2.05, 4.69) is 31.1 Å². The number of ether oxygens (including phenoxy) is 1. The van der Waals surface area contributed by atoms with Gasteiger partial charge < -0.3 is 10.1 Å². The fraction of sp³-hybridized carbons (Fsp3) is 0.900. The predicted molar refractivity (Wildman–Crippen MR) is 63.0 cm³/mol. The topological polar surface area (TPSA) is 33.6 Å². The number of hydrogen-bond acceptors (Lipinski definition) is 3. The Morgan fingerprint density at radius 1 is 1.64 bits per heavy atom. The second-order valence-electron chi connectivity index (χ2n) is 4.01. The normalized spacial score (nSPS) is 24.6. The van der Waals surface area contributed by atoms with E-state index in [4.69, 9.17) is 4.74 Å². The molecule has 3 nitrogen and oxygen atoms in total. The van der Waals surface area contributed by atoms with Crippen molar-refractivity contribution in [1.82, 2.24) is 5.32 Å². The van der Waals surface area contributed by atoms with E-state index in [1.165, 1.54) is 0 Å². The summed E-state index contributed by atoms with van der Waals surface area (Å²) >= 11 is 1.80. The van der Waals surface area contributed by atoms with Gasteiger partial charge in [-0.2, -0.15) is 0 Å². The lowest BCUT2D eigenvalue weighted by molar-refractivity contribution is 0.117. The minimum atomic E-state index is 0.565. The third kappa shape index (κ3) is 4.86. The Hall–Kier alpha value is -0.220. The lowest BCUT2D eigenvalue weighted by Gasteiger charge is -2.05. The first-order valence-corrected chi connectivity index (χ1v) is 6.18. The molecule has 0 spiro atoms. The highest BCUT2D eigenvalue weighted by Gasteiger charge is 2.14. The summed E-state index contributed by atoms with van der Waals surface area (Å²) in [5, 5.41) is 4.39. The maximum Gasteiger partial charge on any atom is 0.156 e. The van der Waals surface area contributed by atoms with Crippen LogP contribution in [0.1, 0.15) is 20.8 Å². The zero-order chi connectivity index (χ0) is 10.4. The first-order chi connectivity index (χ1) is 6.68. The van der Waals surface area contributed by atoms with Crippen LogP contribution in [0.3, 0.4) is 0 Å². The Morgan fingerprint density at radius 3 is 3.00 bits per heavy atom. The molecule has 0 amide bonds. The lowest BCUT2D eigenvalue weighted by atomic mass is 10.2. The van der Waals surface area contributed by atoms with Gasteiger partial charge in [-0.25, -0.2) is 0 Å². The summed E-state index contributed by atoms with van der Waals surface area (Å²) in [6.07, 6.45) is 0. The van der Waals surface area contributed by atoms with Gasteiger partial charge in [0.1, 0.15) is 0 Å². The molecule has 1 heterocycles. The van der Waals surface area contributed by atoms with Crippen molar-refractivity contribution in [1.29, 1.82) is 0 Å². The van der Waals surface area contributed by atoms with Crippen molar-refractivity contribution in [2.45, 2.75) is 26.8 Å². The Balaban J connectivity index is 2.03. The van der Waals surface area contributed by atoms with Crippen molar-refractivity contribution in [2.24, 2.45) is 10.9 Å². The van der Waals surface area contributed by atoms with Crippen LogP contribution in [0.5, 0.6) is 0 Å². The van der Waals surface area contributed by atoms with Crippen LogP contribution in [0.4, 0.5) is 0 Å². The van der Waals surface area contributed by atoms with E-state index >= 15 is 0 Å². The maximum atomic E-state index is 5.44. The van der Waals surface area contributed by atoms with Gasteiger partial charge >= 0.3 is 0 Å². The van der Waals surface area contributed by atoms with Crippen LogP contribution < -0.4 is 5.32 Å². The molecule has 0 aliphatic carbocycles. The number of nitrogens with zero attached hydrogens (tertiary/aromatic N) is 1. The molecule has 0 radical (unpaired) electrons. The molecule has 1 N–H and O–H groups in total. The smallest absolute Gasteiger partial charge is 0.156 e. The second kappa shape index (κ2) is 6.30. The number of amidine groups is 1. The van der Waals surface area contributed by atoms with Crippen molar-refractivity contribution in [2.75, 3.05) is 25.5 Å². The average Bonchev–Trinajstić information content (AvgIpc) is 2.50. The monoisotopic (exact) mass is 216 g/mol. The Bertz CT molecular complexity index is 195. The number of thioether (sulfide) groups is 1. The van der Waals surface area contributed by atoms with Crippen LogP contribution in [0.25, 0.3) is 0 Å². The molecule has 1 unspecified atom stereocenters. The number of rotatable bonds is 5. The zero-order valence-electron chi connectivity index (χ0n) is 9.25. The van der Waals surface area contributed by atoms with Crippen molar-refractivity contribution in [3.8, 4) is 0 Å². The Labute approximate surface area is 90.7 Å². The van der Waals surface area contributed by atoms with Gasteiger partial charge in [0, 0.05) is 18.4 Å². The predicted octanol–water partition coefficient (Wildman–Crippen LogP) is 1.74. The summed E-state index contributed by atoms with van der Waals surface area (Å²) in [6.45, 7) is 8.82. The largest absolute Gasteiger partial charge is 0.379 e. The number of aliphatic imine (C=N–C) groups is 1. The molecular weight excluding hydrogens is 196 g/mol. The van der Waals surface area contributed by atoms with Crippen LogP contribution in [0, 0.1) is 5.92 Å². The summed E-state index contributed by atoms with van der Waals surface area (Å²) in [7, 11) is 0. The summed E-state index contributed by atoms with van der Waals surface area (Å²) in [5.41, 5.74) is 0. The van der Waals surface area contributed by atoms with Gasteiger partial charge in [0.2, 0.25) is 0 Å². The van der Waals surface area contributed by atoms with Crippen LogP contribution in [0.2, 0.25) is 0 Å². The standard InChI is InChI=1S/C10H20N2OS/c1-8(2)6-13-5-4-11-10-12-9(3)7-14-10/h8-9H,4-7H2,1-3H3,(H,11,12). The van der Waals surface area contributed by atoms with E-state index in [-0.39, 0.29) is 0 Å². The summed E-state index contributed by atoms with van der Waals surface area (Å²) in [4.78, 5) is 4.41. The molecule has 14 heavy (non-hydrogen) atoms. The third-order valence-corrected chi connectivity index (χ3v) is 2.97. The number of nitrogens with one attached hydrogen (secondary N) is 1. The van der Waals surface area contributed by atoms with E-state index in [0.29, 0.717) is 12.0 Å². The highest BCUT2D eigenvalue weighted by Crippen LogP contribution is 2.12. The minimum absolute atomic E-state index is 0.565. The van der Waals surface area contributed by atoms with Crippen molar-refractivity contribution in [3.05, 3.63) is 0 Å². The molecule has 0 bridgehead atoms. The molecule has 1 fully saturated rings. The quantitative estimate of drug-likeness (QED) is 0.711. The fourth-order valence-corrected chi connectivity index (χ4v) is 2.08. The molecule has 0 aromatic rings. The molecule has 4 heteroatoms. The number of hydrogen-bond donors (Lipinski definition) is 1. The van der Waals surface area contributed by atoms with Crippen LogP contribution in [0.15, 0.2) is 4.99 Å². The maximum absolute atomic E-state index is 5.44. The SMILES string of the molecule is CC(C)COCCN=C1NC(C)CS1. The zero-order valence-corrected chi connectivity index (χ0v) is 10.1. The first kappa shape index (κ1) is 11.9. The van der Waals surface area contributed by atoms with E-state index in [0.717, 1.165) is 30.7 Å². The Morgan fingerprint density at radius 2 is 2.43 bits per heavy atom. The lowest BCUT2D eigenvalue weighted by Crippen LogP contribution is -2.23. The van der Waals surface area contributed by atoms with Gasteiger partial charge in [0.25, 0.3) is 0 Å². The molecular formula is C10H20N2OS. The highest BCUT2D eigenvalue weighted by molar-refractivity contribution is 8.14. The van der Waals surface area contributed by atoms with Crippen LogP contribution in [-0.2, 0) is 4.74 Å².